The number of methoxy groups -OCH3 is 1. The average molecular weight is 410 g/mol. The largest absolute Gasteiger partial charge is 0.496 e. The Morgan fingerprint density at radius 1 is 1.09 bits per heavy atom. The third kappa shape index (κ3) is 4.45. The zero-order chi connectivity index (χ0) is 15.9. The molecule has 22 heavy (non-hydrogen) atoms. The maximum atomic E-state index is 12.0. The van der Waals surface area contributed by atoms with Gasteiger partial charge in [-0.1, -0.05) is 30.3 Å². The Morgan fingerprint density at radius 3 is 2.45 bits per heavy atom. The van der Waals surface area contributed by atoms with Crippen LogP contribution in [0.25, 0.3) is 0 Å². The van der Waals surface area contributed by atoms with Crippen LogP contribution in [0.4, 0.5) is 0 Å². The fourth-order valence-corrected chi connectivity index (χ4v) is 2.57. The highest BCUT2D eigenvalue weighted by atomic mass is 127. The second-order valence-corrected chi connectivity index (χ2v) is 5.68. The first-order chi connectivity index (χ1) is 10.6. The molecule has 6 heteroatoms. The van der Waals surface area contributed by atoms with E-state index in [1.165, 1.54) is 0 Å². The molecule has 2 N–H and O–H groups in total. The Morgan fingerprint density at radius 2 is 1.82 bits per heavy atom. The molecule has 0 aliphatic carbocycles. The monoisotopic (exact) mass is 410 g/mol. The van der Waals surface area contributed by atoms with Crippen LogP contribution in [0.1, 0.15) is 15.9 Å². The molecule has 0 saturated heterocycles. The molecule has 2 aromatic rings. The Hall–Kier alpha value is -2.09. The molecule has 2 rings (SSSR count). The number of rotatable bonds is 4. The van der Waals surface area contributed by atoms with Gasteiger partial charge in [-0.05, 0) is 46.4 Å². The predicted octanol–water partition coefficient (Wildman–Crippen LogP) is 2.30. The van der Waals surface area contributed by atoms with Gasteiger partial charge in [-0.25, -0.2) is 0 Å². The molecular formula is C16H15IN2O3. The van der Waals surface area contributed by atoms with Gasteiger partial charge in [-0.3, -0.25) is 20.4 Å². The first-order valence-corrected chi connectivity index (χ1v) is 7.64. The first kappa shape index (κ1) is 16.3. The van der Waals surface area contributed by atoms with Crippen molar-refractivity contribution in [3.63, 3.8) is 0 Å². The van der Waals surface area contributed by atoms with Gasteiger partial charge in [-0.2, -0.15) is 0 Å². The third-order valence-corrected chi connectivity index (χ3v) is 3.78. The van der Waals surface area contributed by atoms with Crippen molar-refractivity contribution >= 4 is 34.4 Å². The molecule has 0 aliphatic heterocycles. The van der Waals surface area contributed by atoms with Crippen LogP contribution >= 0.6 is 22.6 Å². The molecule has 0 radical (unpaired) electrons. The van der Waals surface area contributed by atoms with Crippen molar-refractivity contribution in [2.75, 3.05) is 7.11 Å². The summed E-state index contributed by atoms with van der Waals surface area (Å²) in [6, 6.07) is 14.4. The second-order valence-electron chi connectivity index (χ2n) is 4.51. The summed E-state index contributed by atoms with van der Waals surface area (Å²) in [5, 5.41) is 0. The Balaban J connectivity index is 1.89. The van der Waals surface area contributed by atoms with Gasteiger partial charge in [0.05, 0.1) is 17.1 Å². The number of carbonyl (C=O) groups is 2. The Kier molecular flexibility index (Phi) is 5.76. The lowest BCUT2D eigenvalue weighted by atomic mass is 10.1. The Labute approximate surface area is 142 Å². The normalized spacial score (nSPS) is 9.91. The number of hydrogen-bond acceptors (Lipinski definition) is 3. The molecular weight excluding hydrogens is 395 g/mol. The molecule has 0 fully saturated rings. The fraction of sp³-hybridized carbons (Fsp3) is 0.125. The summed E-state index contributed by atoms with van der Waals surface area (Å²) in [6.45, 7) is 0. The SMILES string of the molecule is COc1ccc(C(=O)NNC(=O)Cc2ccccc2)cc1I. The minimum Gasteiger partial charge on any atom is -0.496 e. The van der Waals surface area contributed by atoms with Crippen LogP contribution in [0.3, 0.4) is 0 Å². The molecule has 114 valence electrons. The van der Waals surface area contributed by atoms with Gasteiger partial charge in [-0.15, -0.1) is 0 Å². The lowest BCUT2D eigenvalue weighted by Crippen LogP contribution is -2.42. The zero-order valence-corrected chi connectivity index (χ0v) is 14.1. The van der Waals surface area contributed by atoms with Crippen molar-refractivity contribution in [3.8, 4) is 5.75 Å². The Bertz CT molecular complexity index is 674. The lowest BCUT2D eigenvalue weighted by molar-refractivity contribution is -0.121. The van der Waals surface area contributed by atoms with Crippen LogP contribution in [0.15, 0.2) is 48.5 Å². The van der Waals surface area contributed by atoms with Crippen molar-refractivity contribution in [2.45, 2.75) is 6.42 Å². The van der Waals surface area contributed by atoms with Gasteiger partial charge in [0.25, 0.3) is 5.91 Å². The molecule has 0 spiro atoms. The second kappa shape index (κ2) is 7.79. The van der Waals surface area contributed by atoms with E-state index in [1.807, 2.05) is 30.3 Å². The van der Waals surface area contributed by atoms with Crippen molar-refractivity contribution < 1.29 is 14.3 Å². The minimum atomic E-state index is -0.373. The topological polar surface area (TPSA) is 67.4 Å². The molecule has 0 heterocycles. The fourth-order valence-electron chi connectivity index (χ4n) is 1.83. The van der Waals surface area contributed by atoms with E-state index in [0.717, 1.165) is 9.13 Å². The van der Waals surface area contributed by atoms with E-state index in [4.69, 9.17) is 4.74 Å². The third-order valence-electron chi connectivity index (χ3n) is 2.94. The predicted molar refractivity (Wildman–Crippen MR) is 91.5 cm³/mol. The molecule has 0 bridgehead atoms. The molecule has 0 saturated carbocycles. The maximum absolute atomic E-state index is 12.0. The van der Waals surface area contributed by atoms with E-state index in [2.05, 4.69) is 33.4 Å². The minimum absolute atomic E-state index is 0.210. The summed E-state index contributed by atoms with van der Waals surface area (Å²) in [4.78, 5) is 23.8. The van der Waals surface area contributed by atoms with Crippen molar-refractivity contribution in [2.24, 2.45) is 0 Å². The van der Waals surface area contributed by atoms with E-state index < -0.39 is 0 Å². The summed E-state index contributed by atoms with van der Waals surface area (Å²) in [7, 11) is 1.57. The molecule has 0 aliphatic rings. The highest BCUT2D eigenvalue weighted by Crippen LogP contribution is 2.21. The van der Waals surface area contributed by atoms with E-state index >= 15 is 0 Å². The first-order valence-electron chi connectivity index (χ1n) is 6.57. The van der Waals surface area contributed by atoms with E-state index in [1.54, 1.807) is 25.3 Å². The number of hydrazine groups is 1. The standard InChI is InChI=1S/C16H15IN2O3/c1-22-14-8-7-12(10-13(14)17)16(21)19-18-15(20)9-11-5-3-2-4-6-11/h2-8,10H,9H2,1H3,(H,18,20)(H,19,21). The number of carbonyl (C=O) groups excluding carboxylic acids is 2. The van der Waals surface area contributed by atoms with Gasteiger partial charge >= 0.3 is 0 Å². The lowest BCUT2D eigenvalue weighted by Gasteiger charge is -2.09. The van der Waals surface area contributed by atoms with Gasteiger partial charge in [0.2, 0.25) is 5.91 Å². The summed E-state index contributed by atoms with van der Waals surface area (Å²) < 4.78 is 5.96. The highest BCUT2D eigenvalue weighted by Gasteiger charge is 2.10. The van der Waals surface area contributed by atoms with Gasteiger partial charge < -0.3 is 4.74 Å². The molecule has 0 aromatic heterocycles. The van der Waals surface area contributed by atoms with Crippen LogP contribution in [-0.4, -0.2) is 18.9 Å². The van der Waals surface area contributed by atoms with Crippen molar-refractivity contribution in [1.29, 1.82) is 0 Å². The van der Waals surface area contributed by atoms with Gasteiger partial charge in [0.1, 0.15) is 5.75 Å². The van der Waals surface area contributed by atoms with Crippen LogP contribution in [0.5, 0.6) is 5.75 Å². The molecule has 2 amide bonds. The molecule has 0 atom stereocenters. The number of hydrogen-bond donors (Lipinski definition) is 2. The number of ether oxygens (including phenoxy) is 1. The smallest absolute Gasteiger partial charge is 0.269 e. The zero-order valence-electron chi connectivity index (χ0n) is 11.9. The van der Waals surface area contributed by atoms with Crippen LogP contribution in [0.2, 0.25) is 0 Å². The molecule has 2 aromatic carbocycles. The summed E-state index contributed by atoms with van der Waals surface area (Å²) in [5.74, 6) is 0.0509. The highest BCUT2D eigenvalue weighted by molar-refractivity contribution is 14.1. The van der Waals surface area contributed by atoms with Gasteiger partial charge in [0, 0.05) is 5.56 Å². The number of benzene rings is 2. The van der Waals surface area contributed by atoms with Crippen molar-refractivity contribution in [3.05, 3.63) is 63.2 Å². The van der Waals surface area contributed by atoms with Crippen molar-refractivity contribution in [1.82, 2.24) is 10.9 Å². The number of nitrogens with one attached hydrogen (secondary N) is 2. The van der Waals surface area contributed by atoms with E-state index in [0.29, 0.717) is 11.3 Å². The quantitative estimate of drug-likeness (QED) is 0.601. The molecule has 5 nitrogen and oxygen atoms in total. The van der Waals surface area contributed by atoms with Crippen LogP contribution < -0.4 is 15.6 Å². The average Bonchev–Trinajstić information content (AvgIpc) is 2.53. The van der Waals surface area contributed by atoms with Gasteiger partial charge in [0.15, 0.2) is 0 Å². The summed E-state index contributed by atoms with van der Waals surface area (Å²) in [6.07, 6.45) is 0.210. The summed E-state index contributed by atoms with van der Waals surface area (Å²) in [5.41, 5.74) is 6.14. The number of halogens is 1. The maximum Gasteiger partial charge on any atom is 0.269 e. The summed E-state index contributed by atoms with van der Waals surface area (Å²) >= 11 is 2.08. The van der Waals surface area contributed by atoms with E-state index in [-0.39, 0.29) is 18.2 Å². The van der Waals surface area contributed by atoms with Crippen LogP contribution in [-0.2, 0) is 11.2 Å². The van der Waals surface area contributed by atoms with Crippen LogP contribution in [0, 0.1) is 3.57 Å². The van der Waals surface area contributed by atoms with E-state index in [9.17, 15) is 9.59 Å². The molecule has 0 unspecified atom stereocenters. The number of amides is 2.